The molecule has 6 nitrogen and oxygen atoms in total. The third-order valence-electron chi connectivity index (χ3n) is 4.18. The molecule has 2 aromatic heterocycles. The fourth-order valence-electron chi connectivity index (χ4n) is 3.12. The molecule has 1 aromatic carbocycles. The van der Waals surface area contributed by atoms with E-state index in [-0.39, 0.29) is 11.5 Å². The molecular weight excluding hydrogens is 282 g/mol. The Bertz CT molecular complexity index is 891. The van der Waals surface area contributed by atoms with E-state index >= 15 is 0 Å². The van der Waals surface area contributed by atoms with Crippen molar-refractivity contribution in [2.24, 2.45) is 0 Å². The van der Waals surface area contributed by atoms with Gasteiger partial charge in [-0.15, -0.1) is 0 Å². The third-order valence-corrected chi connectivity index (χ3v) is 4.18. The summed E-state index contributed by atoms with van der Waals surface area (Å²) in [5, 5.41) is 0. The number of nitrogens with zero attached hydrogens (tertiary/aromatic N) is 2. The molecule has 114 valence electrons. The van der Waals surface area contributed by atoms with Gasteiger partial charge in [0.15, 0.2) is 0 Å². The minimum atomic E-state index is -0.121. The molecule has 3 heterocycles. The van der Waals surface area contributed by atoms with Gasteiger partial charge in [0.25, 0.3) is 5.56 Å². The Morgan fingerprint density at radius 3 is 3.14 bits per heavy atom. The highest BCUT2D eigenvalue weighted by atomic mass is 16.5. The Balaban J connectivity index is 2.03. The lowest BCUT2D eigenvalue weighted by molar-refractivity contribution is 0.185. The van der Waals surface area contributed by atoms with Crippen LogP contribution in [0.25, 0.3) is 16.6 Å². The number of nitrogens with one attached hydrogen (secondary N) is 1. The lowest BCUT2D eigenvalue weighted by Crippen LogP contribution is -2.13. The molecule has 1 unspecified atom stereocenters. The fourth-order valence-corrected chi connectivity index (χ4v) is 3.12. The Hall–Kier alpha value is -2.18. The number of methoxy groups -OCH3 is 1. The summed E-state index contributed by atoms with van der Waals surface area (Å²) in [6, 6.07) is 5.92. The largest absolute Gasteiger partial charge is 0.381 e. The van der Waals surface area contributed by atoms with Crippen molar-refractivity contribution in [3.8, 4) is 0 Å². The SMILES string of the molecule is COCc1ccc2[nH]c(=O)c3cnc(C4CCOC4)n3c2c1. The van der Waals surface area contributed by atoms with Gasteiger partial charge in [-0.25, -0.2) is 4.98 Å². The summed E-state index contributed by atoms with van der Waals surface area (Å²) in [4.78, 5) is 19.7. The van der Waals surface area contributed by atoms with Gasteiger partial charge in [-0.05, 0) is 24.1 Å². The minimum absolute atomic E-state index is 0.121. The Labute approximate surface area is 126 Å². The second-order valence-electron chi connectivity index (χ2n) is 5.64. The first kappa shape index (κ1) is 13.5. The van der Waals surface area contributed by atoms with Crippen molar-refractivity contribution in [3.63, 3.8) is 0 Å². The maximum Gasteiger partial charge on any atom is 0.274 e. The molecular formula is C16H17N3O3. The van der Waals surface area contributed by atoms with Gasteiger partial charge in [-0.2, -0.15) is 0 Å². The second kappa shape index (κ2) is 5.23. The average molecular weight is 299 g/mol. The van der Waals surface area contributed by atoms with Gasteiger partial charge in [0.2, 0.25) is 0 Å². The zero-order valence-corrected chi connectivity index (χ0v) is 12.3. The number of aromatic amines is 1. The summed E-state index contributed by atoms with van der Waals surface area (Å²) < 4.78 is 12.6. The van der Waals surface area contributed by atoms with Gasteiger partial charge in [0, 0.05) is 19.6 Å². The Morgan fingerprint density at radius 2 is 2.36 bits per heavy atom. The van der Waals surface area contributed by atoms with E-state index in [4.69, 9.17) is 9.47 Å². The summed E-state index contributed by atoms with van der Waals surface area (Å²) in [7, 11) is 1.67. The summed E-state index contributed by atoms with van der Waals surface area (Å²) in [5.41, 5.74) is 3.26. The lowest BCUT2D eigenvalue weighted by Gasteiger charge is -2.10. The van der Waals surface area contributed by atoms with Gasteiger partial charge >= 0.3 is 0 Å². The van der Waals surface area contributed by atoms with Crippen LogP contribution in [0.15, 0.2) is 29.2 Å². The van der Waals surface area contributed by atoms with Gasteiger partial charge in [-0.1, -0.05) is 6.07 Å². The topological polar surface area (TPSA) is 68.6 Å². The average Bonchev–Trinajstić information content (AvgIpc) is 3.17. The molecule has 0 radical (unpaired) electrons. The predicted octanol–water partition coefficient (Wildman–Crippen LogP) is 1.83. The van der Waals surface area contributed by atoms with Gasteiger partial charge in [-0.3, -0.25) is 9.20 Å². The summed E-state index contributed by atoms with van der Waals surface area (Å²) in [5.74, 6) is 1.14. The predicted molar refractivity (Wildman–Crippen MR) is 82.2 cm³/mol. The number of aromatic nitrogens is 3. The molecule has 22 heavy (non-hydrogen) atoms. The number of hydrogen-bond acceptors (Lipinski definition) is 4. The van der Waals surface area contributed by atoms with Crippen molar-refractivity contribution in [1.29, 1.82) is 0 Å². The van der Waals surface area contributed by atoms with Crippen molar-refractivity contribution < 1.29 is 9.47 Å². The second-order valence-corrected chi connectivity index (χ2v) is 5.64. The molecule has 0 aliphatic carbocycles. The van der Waals surface area contributed by atoms with E-state index < -0.39 is 0 Å². The number of ether oxygens (including phenoxy) is 2. The number of fused-ring (bicyclic) bond motifs is 3. The number of benzene rings is 1. The first-order valence-corrected chi connectivity index (χ1v) is 7.37. The fraction of sp³-hybridized carbons (Fsp3) is 0.375. The minimum Gasteiger partial charge on any atom is -0.381 e. The summed E-state index contributed by atoms with van der Waals surface area (Å²) in [6.07, 6.45) is 2.58. The van der Waals surface area contributed by atoms with Crippen LogP contribution in [0.1, 0.15) is 23.7 Å². The number of H-pyrrole nitrogens is 1. The lowest BCUT2D eigenvalue weighted by atomic mass is 10.1. The van der Waals surface area contributed by atoms with E-state index in [0.29, 0.717) is 18.7 Å². The van der Waals surface area contributed by atoms with Crippen molar-refractivity contribution in [1.82, 2.24) is 14.4 Å². The summed E-state index contributed by atoms with van der Waals surface area (Å²) >= 11 is 0. The van der Waals surface area contributed by atoms with Crippen LogP contribution in [0.3, 0.4) is 0 Å². The highest BCUT2D eigenvalue weighted by Crippen LogP contribution is 2.26. The first-order chi connectivity index (χ1) is 10.8. The number of hydrogen-bond donors (Lipinski definition) is 1. The maximum absolute atomic E-state index is 12.3. The molecule has 0 amide bonds. The van der Waals surface area contributed by atoms with Crippen molar-refractivity contribution in [3.05, 3.63) is 46.1 Å². The molecule has 3 aromatic rings. The van der Waals surface area contributed by atoms with Crippen LogP contribution in [0.2, 0.25) is 0 Å². The van der Waals surface area contributed by atoms with E-state index in [1.807, 2.05) is 22.6 Å². The molecule has 1 fully saturated rings. The molecule has 1 aliphatic rings. The van der Waals surface area contributed by atoms with Gasteiger partial charge in [0.1, 0.15) is 11.3 Å². The van der Waals surface area contributed by atoms with Gasteiger partial charge in [0.05, 0.1) is 30.4 Å². The number of imidazole rings is 1. The molecule has 1 atom stereocenters. The maximum atomic E-state index is 12.3. The van der Waals surface area contributed by atoms with Crippen molar-refractivity contribution in [2.75, 3.05) is 20.3 Å². The molecule has 4 rings (SSSR count). The van der Waals surface area contributed by atoms with Crippen LogP contribution in [-0.2, 0) is 16.1 Å². The zero-order chi connectivity index (χ0) is 15.1. The zero-order valence-electron chi connectivity index (χ0n) is 12.3. The Morgan fingerprint density at radius 1 is 1.45 bits per heavy atom. The highest BCUT2D eigenvalue weighted by Gasteiger charge is 2.23. The molecule has 0 saturated carbocycles. The van der Waals surface area contributed by atoms with Gasteiger partial charge < -0.3 is 14.5 Å². The van der Waals surface area contributed by atoms with Crippen LogP contribution in [0.4, 0.5) is 0 Å². The standard InChI is InChI=1S/C16H17N3O3/c1-21-8-10-2-3-12-13(6-10)19-14(16(20)18-12)7-17-15(19)11-4-5-22-9-11/h2-3,6-7,11H,4-5,8-9H2,1H3,(H,18,20). The van der Waals surface area contributed by atoms with Crippen molar-refractivity contribution in [2.45, 2.75) is 18.9 Å². The van der Waals surface area contributed by atoms with E-state index in [2.05, 4.69) is 9.97 Å². The molecule has 1 N–H and O–H groups in total. The van der Waals surface area contributed by atoms with Crippen LogP contribution in [0.5, 0.6) is 0 Å². The smallest absolute Gasteiger partial charge is 0.274 e. The van der Waals surface area contributed by atoms with E-state index in [0.717, 1.165) is 35.4 Å². The highest BCUT2D eigenvalue weighted by molar-refractivity contribution is 5.79. The number of rotatable bonds is 3. The third kappa shape index (κ3) is 2.03. The normalized spacial score (nSPS) is 18.5. The monoisotopic (exact) mass is 299 g/mol. The molecule has 0 bridgehead atoms. The summed E-state index contributed by atoms with van der Waals surface area (Å²) in [6.45, 7) is 1.94. The van der Waals surface area contributed by atoms with Crippen molar-refractivity contribution >= 4 is 16.6 Å². The van der Waals surface area contributed by atoms with Crippen LogP contribution < -0.4 is 5.56 Å². The quantitative estimate of drug-likeness (QED) is 0.801. The molecule has 1 aliphatic heterocycles. The van der Waals surface area contributed by atoms with Crippen LogP contribution in [0, 0.1) is 0 Å². The van der Waals surface area contributed by atoms with E-state index in [1.54, 1.807) is 13.3 Å². The molecule has 6 heteroatoms. The molecule has 0 spiro atoms. The Kier molecular flexibility index (Phi) is 3.20. The molecule has 1 saturated heterocycles. The van der Waals surface area contributed by atoms with E-state index in [1.165, 1.54) is 0 Å². The first-order valence-electron chi connectivity index (χ1n) is 7.37. The van der Waals surface area contributed by atoms with Crippen LogP contribution >= 0.6 is 0 Å². The van der Waals surface area contributed by atoms with Crippen LogP contribution in [-0.4, -0.2) is 34.7 Å². The van der Waals surface area contributed by atoms with E-state index in [9.17, 15) is 4.79 Å².